The Morgan fingerprint density at radius 2 is 2.08 bits per heavy atom. The molecule has 0 bridgehead atoms. The first-order valence-electron chi connectivity index (χ1n) is 3.60. The van der Waals surface area contributed by atoms with Crippen LogP contribution in [0.15, 0.2) is 30.3 Å². The summed E-state index contributed by atoms with van der Waals surface area (Å²) in [6.07, 6.45) is 5.06. The highest BCUT2D eigenvalue weighted by Gasteiger charge is 2.09. The first kappa shape index (κ1) is 10.1. The van der Waals surface area contributed by atoms with Crippen LogP contribution in [0.2, 0.25) is 0 Å². The summed E-state index contributed by atoms with van der Waals surface area (Å²) in [4.78, 5) is 11.3. The summed E-state index contributed by atoms with van der Waals surface area (Å²) >= 11 is 1.87. The summed E-state index contributed by atoms with van der Waals surface area (Å²) in [5.74, 6) is 1.92. The van der Waals surface area contributed by atoms with Crippen molar-refractivity contribution in [2.24, 2.45) is 0 Å². The van der Waals surface area contributed by atoms with Crippen molar-refractivity contribution in [2.75, 3.05) is 0 Å². The van der Waals surface area contributed by atoms with Crippen LogP contribution in [-0.2, 0) is 4.74 Å². The van der Waals surface area contributed by atoms with Crippen LogP contribution in [0.4, 0.5) is 0 Å². The van der Waals surface area contributed by atoms with E-state index in [2.05, 4.69) is 5.92 Å². The van der Waals surface area contributed by atoms with Gasteiger partial charge in [0, 0.05) is 0 Å². The van der Waals surface area contributed by atoms with Crippen molar-refractivity contribution >= 4 is 28.6 Å². The van der Waals surface area contributed by atoms with Gasteiger partial charge in [-0.05, 0) is 34.7 Å². The molecule has 1 rings (SSSR count). The Bertz CT molecular complexity index is 327. The van der Waals surface area contributed by atoms with Gasteiger partial charge in [0.15, 0.2) is 0 Å². The summed E-state index contributed by atoms with van der Waals surface area (Å²) < 4.78 is 4.39. The highest BCUT2D eigenvalue weighted by atomic mass is 127. The molecule has 1 aromatic rings. The smallest absolute Gasteiger partial charge is 0.340 e. The molecule has 0 aliphatic heterocycles. The first-order chi connectivity index (χ1) is 6.24. The number of hydrogen-bond donors (Lipinski definition) is 0. The summed E-state index contributed by atoms with van der Waals surface area (Å²) in [6.45, 7) is 0. The number of esters is 1. The number of carbonyl (C=O) groups excluding carboxylic acids is 1. The maximum Gasteiger partial charge on any atom is 0.340 e. The van der Waals surface area contributed by atoms with Gasteiger partial charge in [-0.2, -0.15) is 0 Å². The second-order valence-corrected chi connectivity index (χ2v) is 3.39. The lowest BCUT2D eigenvalue weighted by atomic mass is 10.2. The number of terminal acetylenes is 1. The van der Waals surface area contributed by atoms with Crippen LogP contribution in [-0.4, -0.2) is 10.1 Å². The molecule has 0 saturated heterocycles. The van der Waals surface area contributed by atoms with Crippen LogP contribution in [0.3, 0.4) is 0 Å². The molecule has 0 fully saturated rings. The average molecular weight is 286 g/mol. The van der Waals surface area contributed by atoms with E-state index in [1.54, 1.807) is 24.3 Å². The molecule has 0 heterocycles. The zero-order valence-corrected chi connectivity index (χ0v) is 8.89. The minimum absolute atomic E-state index is 0.391. The molecule has 3 heteroatoms. The Kier molecular flexibility index (Phi) is 3.77. The molecule has 0 spiro atoms. The number of ether oxygens (including phenoxy) is 1. The first-order valence-corrected chi connectivity index (χ1v) is 4.85. The predicted molar refractivity (Wildman–Crippen MR) is 58.5 cm³/mol. The summed E-state index contributed by atoms with van der Waals surface area (Å²) in [5.41, 5.74) is 0.513. The van der Waals surface area contributed by atoms with E-state index in [4.69, 9.17) is 11.2 Å². The monoisotopic (exact) mass is 286 g/mol. The third-order valence-electron chi connectivity index (χ3n) is 1.35. The van der Waals surface area contributed by atoms with E-state index in [-0.39, 0.29) is 0 Å². The molecule has 1 unspecified atom stereocenters. The topological polar surface area (TPSA) is 26.3 Å². The summed E-state index contributed by atoms with van der Waals surface area (Å²) in [7, 11) is 0. The molecule has 66 valence electrons. The van der Waals surface area contributed by atoms with Gasteiger partial charge in [-0.1, -0.05) is 24.1 Å². The van der Waals surface area contributed by atoms with Gasteiger partial charge < -0.3 is 4.74 Å². The lowest BCUT2D eigenvalue weighted by Gasteiger charge is -2.04. The van der Waals surface area contributed by atoms with Crippen LogP contribution < -0.4 is 0 Å². The van der Waals surface area contributed by atoms with Crippen molar-refractivity contribution in [3.05, 3.63) is 35.9 Å². The van der Waals surface area contributed by atoms with E-state index in [0.29, 0.717) is 5.56 Å². The predicted octanol–water partition coefficient (Wildman–Crippen LogP) is 2.24. The average Bonchev–Trinajstić information content (AvgIpc) is 2.19. The van der Waals surface area contributed by atoms with Crippen LogP contribution in [0.1, 0.15) is 10.4 Å². The highest BCUT2D eigenvalue weighted by molar-refractivity contribution is 14.1. The fraction of sp³-hybridized carbons (Fsp3) is 0.100. The minimum atomic E-state index is -0.509. The number of carbonyl (C=O) groups is 1. The van der Waals surface area contributed by atoms with Gasteiger partial charge >= 0.3 is 5.97 Å². The van der Waals surface area contributed by atoms with Crippen molar-refractivity contribution in [3.8, 4) is 12.3 Å². The molecular formula is C10H7IO2. The Morgan fingerprint density at radius 1 is 1.46 bits per heavy atom. The fourth-order valence-corrected chi connectivity index (χ4v) is 1.00. The maximum atomic E-state index is 11.3. The fourth-order valence-electron chi connectivity index (χ4n) is 0.770. The minimum Gasteiger partial charge on any atom is -0.436 e. The van der Waals surface area contributed by atoms with Crippen molar-refractivity contribution in [3.63, 3.8) is 0 Å². The Morgan fingerprint density at radius 3 is 2.62 bits per heavy atom. The molecule has 0 aliphatic carbocycles. The highest BCUT2D eigenvalue weighted by Crippen LogP contribution is 2.07. The van der Waals surface area contributed by atoms with Crippen molar-refractivity contribution < 1.29 is 9.53 Å². The molecule has 1 atom stereocenters. The van der Waals surface area contributed by atoms with Crippen LogP contribution >= 0.6 is 22.6 Å². The maximum absolute atomic E-state index is 11.3. The third-order valence-corrected chi connectivity index (χ3v) is 1.96. The number of rotatable bonds is 2. The second kappa shape index (κ2) is 4.87. The molecule has 0 saturated carbocycles. The third kappa shape index (κ3) is 3.07. The molecule has 0 aliphatic rings. The number of hydrogen-bond acceptors (Lipinski definition) is 2. The number of benzene rings is 1. The van der Waals surface area contributed by atoms with Crippen molar-refractivity contribution in [1.29, 1.82) is 0 Å². The van der Waals surface area contributed by atoms with E-state index in [1.165, 1.54) is 0 Å². The second-order valence-electron chi connectivity index (χ2n) is 2.25. The van der Waals surface area contributed by atoms with Gasteiger partial charge in [-0.25, -0.2) is 4.79 Å². The van der Waals surface area contributed by atoms with Crippen LogP contribution in [0, 0.1) is 12.3 Å². The lowest BCUT2D eigenvalue weighted by molar-refractivity contribution is 0.0537. The van der Waals surface area contributed by atoms with Gasteiger partial charge in [-0.3, -0.25) is 0 Å². The van der Waals surface area contributed by atoms with Gasteiger partial charge in [0.2, 0.25) is 4.11 Å². The molecular weight excluding hydrogens is 279 g/mol. The molecule has 1 aromatic carbocycles. The number of alkyl halides is 1. The van der Waals surface area contributed by atoms with E-state index in [1.807, 2.05) is 28.7 Å². The standard InChI is InChI=1S/C10H7IO2/c1-2-9(11)13-10(12)8-6-4-3-5-7-8/h1,3-7,9H. The SMILES string of the molecule is C#CC(I)OC(=O)c1ccccc1. The van der Waals surface area contributed by atoms with Gasteiger partial charge in [0.1, 0.15) is 0 Å². The van der Waals surface area contributed by atoms with Gasteiger partial charge in [-0.15, -0.1) is 6.42 Å². The molecule has 13 heavy (non-hydrogen) atoms. The normalized spacial score (nSPS) is 11.4. The molecule has 2 nitrogen and oxygen atoms in total. The Balaban J connectivity index is 2.66. The summed E-state index contributed by atoms with van der Waals surface area (Å²) in [5, 5.41) is 0. The van der Waals surface area contributed by atoms with Crippen molar-refractivity contribution in [2.45, 2.75) is 4.11 Å². The zero-order chi connectivity index (χ0) is 9.68. The number of halogens is 1. The van der Waals surface area contributed by atoms with Gasteiger partial charge in [0.05, 0.1) is 5.56 Å². The largest absolute Gasteiger partial charge is 0.436 e. The van der Waals surface area contributed by atoms with E-state index in [9.17, 15) is 4.79 Å². The quantitative estimate of drug-likeness (QED) is 0.361. The Hall–Kier alpha value is -1.02. The molecule has 0 amide bonds. The summed E-state index contributed by atoms with van der Waals surface area (Å²) in [6, 6.07) is 8.74. The van der Waals surface area contributed by atoms with Gasteiger partial charge in [0.25, 0.3) is 0 Å². The van der Waals surface area contributed by atoms with Crippen LogP contribution in [0.25, 0.3) is 0 Å². The molecule has 0 radical (unpaired) electrons. The van der Waals surface area contributed by atoms with Crippen molar-refractivity contribution in [1.82, 2.24) is 0 Å². The van der Waals surface area contributed by atoms with E-state index < -0.39 is 10.1 Å². The van der Waals surface area contributed by atoms with Crippen LogP contribution in [0.5, 0.6) is 0 Å². The molecule has 0 aromatic heterocycles. The Labute approximate surface area is 90.4 Å². The molecule has 0 N–H and O–H groups in total. The van der Waals surface area contributed by atoms with E-state index >= 15 is 0 Å². The lowest BCUT2D eigenvalue weighted by Crippen LogP contribution is -2.10. The van der Waals surface area contributed by atoms with E-state index in [0.717, 1.165) is 0 Å². The zero-order valence-electron chi connectivity index (χ0n) is 6.74.